The van der Waals surface area contributed by atoms with Crippen molar-refractivity contribution in [1.29, 1.82) is 5.26 Å². The molecule has 1 aromatic heterocycles. The number of carbonyl (C=O) groups excluding carboxylic acids is 1. The van der Waals surface area contributed by atoms with Gasteiger partial charge in [0.2, 0.25) is 5.91 Å². The number of primary amides is 1. The summed E-state index contributed by atoms with van der Waals surface area (Å²) in [5.41, 5.74) is 9.96. The third-order valence-electron chi connectivity index (χ3n) is 5.76. The number of ether oxygens (including phenoxy) is 2. The van der Waals surface area contributed by atoms with E-state index in [4.69, 9.17) is 15.2 Å². The van der Waals surface area contributed by atoms with E-state index in [1.807, 2.05) is 24.3 Å². The number of hydrogen-bond acceptors (Lipinski definition) is 4. The summed E-state index contributed by atoms with van der Waals surface area (Å²) in [6.07, 6.45) is 1.12. The molecular formula is C23H23N3O3. The molecule has 0 bridgehead atoms. The number of nitrogens with two attached hydrogens (primary N) is 1. The maximum absolute atomic E-state index is 12.3. The highest BCUT2D eigenvalue weighted by Crippen LogP contribution is 2.46. The van der Waals surface area contributed by atoms with Crippen molar-refractivity contribution in [3.63, 3.8) is 0 Å². The van der Waals surface area contributed by atoms with Crippen molar-refractivity contribution < 1.29 is 14.3 Å². The first-order valence-electron chi connectivity index (χ1n) is 9.59. The van der Waals surface area contributed by atoms with Gasteiger partial charge >= 0.3 is 0 Å². The Hall–Kier alpha value is -3.30. The lowest BCUT2D eigenvalue weighted by Gasteiger charge is -2.28. The molecular weight excluding hydrogens is 366 g/mol. The monoisotopic (exact) mass is 389 g/mol. The average molecular weight is 389 g/mol. The number of benzene rings is 2. The van der Waals surface area contributed by atoms with Gasteiger partial charge in [0.15, 0.2) is 0 Å². The summed E-state index contributed by atoms with van der Waals surface area (Å²) in [5.74, 6) is -0.224. The van der Waals surface area contributed by atoms with E-state index in [9.17, 15) is 10.1 Å². The Morgan fingerprint density at radius 1 is 1.24 bits per heavy atom. The average Bonchev–Trinajstić information content (AvgIpc) is 3.07. The van der Waals surface area contributed by atoms with E-state index in [-0.39, 0.29) is 12.0 Å². The van der Waals surface area contributed by atoms with Crippen LogP contribution in [0.25, 0.3) is 10.9 Å². The zero-order valence-corrected chi connectivity index (χ0v) is 16.5. The van der Waals surface area contributed by atoms with Gasteiger partial charge in [-0.05, 0) is 30.0 Å². The number of methoxy groups -OCH3 is 2. The molecule has 2 aromatic carbocycles. The molecule has 1 heterocycles. The number of aromatic nitrogens is 1. The predicted molar refractivity (Wildman–Crippen MR) is 110 cm³/mol. The first kappa shape index (κ1) is 19.0. The molecule has 4 rings (SSSR count). The molecule has 2 N–H and O–H groups in total. The van der Waals surface area contributed by atoms with Gasteiger partial charge < -0.3 is 19.8 Å². The van der Waals surface area contributed by atoms with Gasteiger partial charge in [0.05, 0.1) is 42.0 Å². The Labute approximate surface area is 169 Å². The van der Waals surface area contributed by atoms with Gasteiger partial charge in [0.25, 0.3) is 0 Å². The molecule has 0 saturated carbocycles. The SMILES string of the molecule is COc1cc(C#N)c2c3c(n(Cc4ccccc4)c2c1)C(OC)CCC3C(N)=O. The molecule has 1 aliphatic carbocycles. The molecule has 3 aromatic rings. The van der Waals surface area contributed by atoms with E-state index >= 15 is 0 Å². The topological polar surface area (TPSA) is 90.3 Å². The van der Waals surface area contributed by atoms with Crippen LogP contribution in [0, 0.1) is 11.3 Å². The third kappa shape index (κ3) is 3.14. The van der Waals surface area contributed by atoms with E-state index < -0.39 is 5.92 Å². The molecule has 0 radical (unpaired) electrons. The molecule has 29 heavy (non-hydrogen) atoms. The van der Waals surface area contributed by atoms with Crippen molar-refractivity contribution in [2.75, 3.05) is 14.2 Å². The molecule has 148 valence electrons. The Balaban J connectivity index is 2.09. The number of fused-ring (bicyclic) bond motifs is 3. The third-order valence-corrected chi connectivity index (χ3v) is 5.76. The standard InChI is InChI=1S/C23H23N3O3/c1-28-16-10-15(12-24)20-18(11-16)26(13-14-6-4-3-5-7-14)22-19(29-2)9-8-17(21(20)22)23(25)27/h3-7,10-11,17,19H,8-9,13H2,1-2H3,(H2,25,27). The van der Waals surface area contributed by atoms with E-state index in [0.717, 1.165) is 27.7 Å². The molecule has 2 atom stereocenters. The van der Waals surface area contributed by atoms with Crippen LogP contribution in [0.5, 0.6) is 5.75 Å². The molecule has 0 saturated heterocycles. The van der Waals surface area contributed by atoms with Gasteiger partial charge in [-0.1, -0.05) is 30.3 Å². The summed E-state index contributed by atoms with van der Waals surface area (Å²) in [4.78, 5) is 12.3. The minimum atomic E-state index is -0.448. The minimum Gasteiger partial charge on any atom is -0.497 e. The highest BCUT2D eigenvalue weighted by Gasteiger charge is 2.37. The van der Waals surface area contributed by atoms with Crippen LogP contribution in [0.4, 0.5) is 0 Å². The van der Waals surface area contributed by atoms with Gasteiger partial charge in [0, 0.05) is 25.1 Å². The zero-order chi connectivity index (χ0) is 20.5. The quantitative estimate of drug-likeness (QED) is 0.722. The van der Waals surface area contributed by atoms with Crippen LogP contribution < -0.4 is 10.5 Å². The fraction of sp³-hybridized carbons (Fsp3) is 0.304. The number of rotatable bonds is 5. The smallest absolute Gasteiger partial charge is 0.225 e. The molecule has 1 aliphatic rings. The van der Waals surface area contributed by atoms with E-state index in [1.54, 1.807) is 20.3 Å². The van der Waals surface area contributed by atoms with Crippen molar-refractivity contribution in [3.8, 4) is 11.8 Å². The number of amides is 1. The summed E-state index contributed by atoms with van der Waals surface area (Å²) >= 11 is 0. The second-order valence-corrected chi connectivity index (χ2v) is 7.31. The van der Waals surface area contributed by atoms with Crippen molar-refractivity contribution in [3.05, 3.63) is 64.8 Å². The first-order valence-corrected chi connectivity index (χ1v) is 9.59. The predicted octanol–water partition coefficient (Wildman–Crippen LogP) is 3.62. The second kappa shape index (κ2) is 7.61. The largest absolute Gasteiger partial charge is 0.497 e. The van der Waals surface area contributed by atoms with Crippen LogP contribution in [0.15, 0.2) is 42.5 Å². The Morgan fingerprint density at radius 3 is 2.62 bits per heavy atom. The Kier molecular flexibility index (Phi) is 4.99. The zero-order valence-electron chi connectivity index (χ0n) is 16.5. The number of nitrogens with zero attached hydrogens (tertiary/aromatic N) is 2. The van der Waals surface area contributed by atoms with Crippen LogP contribution in [-0.2, 0) is 16.1 Å². The number of nitriles is 1. The molecule has 0 fully saturated rings. The summed E-state index contributed by atoms with van der Waals surface area (Å²) < 4.78 is 13.4. The lowest BCUT2D eigenvalue weighted by atomic mass is 9.82. The van der Waals surface area contributed by atoms with Gasteiger partial charge in [-0.3, -0.25) is 4.79 Å². The summed E-state index contributed by atoms with van der Waals surface area (Å²) in [5, 5.41) is 10.6. The molecule has 1 amide bonds. The Bertz CT molecular complexity index is 1110. The molecule has 6 nitrogen and oxygen atoms in total. The molecule has 2 unspecified atom stereocenters. The lowest BCUT2D eigenvalue weighted by Crippen LogP contribution is -2.28. The normalized spacial score (nSPS) is 18.2. The molecule has 0 aliphatic heterocycles. The summed E-state index contributed by atoms with van der Waals surface area (Å²) in [6, 6.07) is 16.0. The molecule has 0 spiro atoms. The van der Waals surface area contributed by atoms with Crippen molar-refractivity contribution in [1.82, 2.24) is 4.57 Å². The maximum atomic E-state index is 12.3. The fourth-order valence-electron chi connectivity index (χ4n) is 4.46. The van der Waals surface area contributed by atoms with Crippen molar-refractivity contribution >= 4 is 16.8 Å². The second-order valence-electron chi connectivity index (χ2n) is 7.31. The van der Waals surface area contributed by atoms with Gasteiger partial charge in [-0.15, -0.1) is 0 Å². The van der Waals surface area contributed by atoms with E-state index in [0.29, 0.717) is 30.7 Å². The van der Waals surface area contributed by atoms with Gasteiger partial charge in [-0.25, -0.2) is 0 Å². The first-order chi connectivity index (χ1) is 14.1. The summed E-state index contributed by atoms with van der Waals surface area (Å²) in [6.45, 7) is 0.593. The lowest BCUT2D eigenvalue weighted by molar-refractivity contribution is -0.120. The van der Waals surface area contributed by atoms with E-state index in [1.165, 1.54) is 0 Å². The number of hydrogen-bond donors (Lipinski definition) is 1. The number of carbonyl (C=O) groups is 1. The van der Waals surface area contributed by atoms with Crippen molar-refractivity contribution in [2.24, 2.45) is 5.73 Å². The highest BCUT2D eigenvalue weighted by molar-refractivity contribution is 5.97. The van der Waals surface area contributed by atoms with Crippen molar-refractivity contribution in [2.45, 2.75) is 31.4 Å². The van der Waals surface area contributed by atoms with Crippen LogP contribution in [0.3, 0.4) is 0 Å². The van der Waals surface area contributed by atoms with Crippen LogP contribution in [-0.4, -0.2) is 24.7 Å². The Morgan fingerprint density at radius 2 is 2.00 bits per heavy atom. The van der Waals surface area contributed by atoms with Crippen LogP contribution >= 0.6 is 0 Å². The molecule has 6 heteroatoms. The van der Waals surface area contributed by atoms with Gasteiger partial charge in [0.1, 0.15) is 5.75 Å². The summed E-state index contributed by atoms with van der Waals surface area (Å²) in [7, 11) is 3.26. The van der Waals surface area contributed by atoms with Crippen LogP contribution in [0.1, 0.15) is 47.2 Å². The minimum absolute atomic E-state index is 0.172. The van der Waals surface area contributed by atoms with E-state index in [2.05, 4.69) is 22.8 Å². The fourth-order valence-corrected chi connectivity index (χ4v) is 4.46. The van der Waals surface area contributed by atoms with Crippen LogP contribution in [0.2, 0.25) is 0 Å². The van der Waals surface area contributed by atoms with Gasteiger partial charge in [-0.2, -0.15) is 5.26 Å². The maximum Gasteiger partial charge on any atom is 0.225 e. The highest BCUT2D eigenvalue weighted by atomic mass is 16.5.